The van der Waals surface area contributed by atoms with Crippen LogP contribution in [0.2, 0.25) is 0 Å². The monoisotopic (exact) mass is 263 g/mol. The molecule has 1 amide bonds. The molecule has 5 heteroatoms. The van der Waals surface area contributed by atoms with E-state index in [0.29, 0.717) is 5.56 Å². The lowest BCUT2D eigenvalue weighted by Gasteiger charge is -2.07. The molecule has 0 radical (unpaired) electrons. The molecule has 0 aliphatic rings. The average Bonchev–Trinajstić information content (AvgIpc) is 2.33. The highest BCUT2D eigenvalue weighted by atomic mass is 19.1. The summed E-state index contributed by atoms with van der Waals surface area (Å²) in [5.41, 5.74) is 0.466. The van der Waals surface area contributed by atoms with Crippen LogP contribution in [0.15, 0.2) is 36.4 Å². The van der Waals surface area contributed by atoms with Crippen molar-refractivity contribution >= 4 is 11.6 Å². The van der Waals surface area contributed by atoms with Crippen LogP contribution >= 0.6 is 0 Å². The van der Waals surface area contributed by atoms with Crippen LogP contribution in [-0.2, 0) is 0 Å². The zero-order valence-corrected chi connectivity index (χ0v) is 10.1. The number of hydrogen-bond donors (Lipinski definition) is 2. The van der Waals surface area contributed by atoms with E-state index in [0.717, 1.165) is 18.2 Å². The summed E-state index contributed by atoms with van der Waals surface area (Å²) in [7, 11) is 0. The van der Waals surface area contributed by atoms with Crippen LogP contribution in [0, 0.1) is 18.6 Å². The highest BCUT2D eigenvalue weighted by molar-refractivity contribution is 6.04. The highest BCUT2D eigenvalue weighted by Gasteiger charge is 2.12. The number of aryl methyl sites for hydroxylation is 1. The van der Waals surface area contributed by atoms with E-state index in [9.17, 15) is 13.6 Å². The molecule has 2 aromatic rings. The van der Waals surface area contributed by atoms with E-state index >= 15 is 0 Å². The predicted molar refractivity (Wildman–Crippen MR) is 67.2 cm³/mol. The Kier molecular flexibility index (Phi) is 3.46. The van der Waals surface area contributed by atoms with E-state index < -0.39 is 17.5 Å². The first-order chi connectivity index (χ1) is 8.97. The Morgan fingerprint density at radius 3 is 2.47 bits per heavy atom. The van der Waals surface area contributed by atoms with Gasteiger partial charge in [0.2, 0.25) is 0 Å². The van der Waals surface area contributed by atoms with Crippen molar-refractivity contribution in [3.8, 4) is 5.75 Å². The summed E-state index contributed by atoms with van der Waals surface area (Å²) in [6, 6.07) is 7.39. The third kappa shape index (κ3) is 2.88. The van der Waals surface area contributed by atoms with Gasteiger partial charge in [-0.15, -0.1) is 0 Å². The van der Waals surface area contributed by atoms with Crippen LogP contribution in [0.5, 0.6) is 5.75 Å². The molecule has 0 fully saturated rings. The second-order valence-electron chi connectivity index (χ2n) is 4.08. The lowest BCUT2D eigenvalue weighted by Crippen LogP contribution is -2.13. The van der Waals surface area contributed by atoms with E-state index in [-0.39, 0.29) is 17.0 Å². The Bertz CT molecular complexity index is 641. The summed E-state index contributed by atoms with van der Waals surface area (Å²) < 4.78 is 26.8. The number of phenolic OH excluding ortho intramolecular Hbond substituents is 1. The van der Waals surface area contributed by atoms with Gasteiger partial charge in [0.05, 0.1) is 5.56 Å². The maximum atomic E-state index is 13.5. The molecule has 3 nitrogen and oxygen atoms in total. The molecule has 98 valence electrons. The lowest BCUT2D eigenvalue weighted by atomic mass is 10.1. The van der Waals surface area contributed by atoms with Gasteiger partial charge in [-0.05, 0) is 36.8 Å². The molecule has 19 heavy (non-hydrogen) atoms. The van der Waals surface area contributed by atoms with Crippen LogP contribution < -0.4 is 5.32 Å². The second kappa shape index (κ2) is 5.06. The molecule has 0 saturated carbocycles. The molecular formula is C14H11F2NO2. The smallest absolute Gasteiger partial charge is 0.258 e. The van der Waals surface area contributed by atoms with E-state index in [1.165, 1.54) is 18.2 Å². The van der Waals surface area contributed by atoms with Crippen LogP contribution in [0.25, 0.3) is 0 Å². The minimum atomic E-state index is -0.843. The number of rotatable bonds is 2. The van der Waals surface area contributed by atoms with Gasteiger partial charge < -0.3 is 10.4 Å². The van der Waals surface area contributed by atoms with Crippen LogP contribution in [0.3, 0.4) is 0 Å². The Hall–Kier alpha value is -2.43. The Labute approximate surface area is 108 Å². The molecule has 0 heterocycles. The molecule has 2 rings (SSSR count). The van der Waals surface area contributed by atoms with E-state index in [2.05, 4.69) is 5.32 Å². The van der Waals surface area contributed by atoms with Gasteiger partial charge in [-0.25, -0.2) is 8.78 Å². The quantitative estimate of drug-likeness (QED) is 0.873. The maximum absolute atomic E-state index is 13.5. The number of carbonyl (C=O) groups is 1. The van der Waals surface area contributed by atoms with Crippen LogP contribution in [-0.4, -0.2) is 11.0 Å². The second-order valence-corrected chi connectivity index (χ2v) is 4.08. The summed E-state index contributed by atoms with van der Waals surface area (Å²) in [5.74, 6) is -2.27. The Balaban J connectivity index is 2.23. The molecule has 0 aromatic heterocycles. The highest BCUT2D eigenvalue weighted by Crippen LogP contribution is 2.18. The third-order valence-corrected chi connectivity index (χ3v) is 2.63. The van der Waals surface area contributed by atoms with E-state index in [1.54, 1.807) is 6.92 Å². The Morgan fingerprint density at radius 1 is 1.11 bits per heavy atom. The summed E-state index contributed by atoms with van der Waals surface area (Å²) in [4.78, 5) is 11.8. The van der Waals surface area contributed by atoms with Gasteiger partial charge in [-0.1, -0.05) is 6.07 Å². The molecule has 0 bridgehead atoms. The van der Waals surface area contributed by atoms with Gasteiger partial charge in [0.25, 0.3) is 5.91 Å². The number of benzene rings is 2. The topological polar surface area (TPSA) is 49.3 Å². The van der Waals surface area contributed by atoms with Gasteiger partial charge in [0.15, 0.2) is 0 Å². The summed E-state index contributed by atoms with van der Waals surface area (Å²) in [6.07, 6.45) is 0. The molecule has 2 N–H and O–H groups in total. The SMILES string of the molecule is Cc1ccc(NC(=O)c2ccc(O)cc2F)cc1F. The molecule has 0 unspecified atom stereocenters. The standard InChI is InChI=1S/C14H11F2NO2/c1-8-2-3-9(6-12(8)15)17-14(19)11-5-4-10(18)7-13(11)16/h2-7,18H,1H3,(H,17,19). The number of aromatic hydroxyl groups is 1. The molecular weight excluding hydrogens is 252 g/mol. The van der Waals surface area contributed by atoms with E-state index in [1.807, 2.05) is 0 Å². The summed E-state index contributed by atoms with van der Waals surface area (Å²) in [5, 5.41) is 11.4. The number of hydrogen-bond acceptors (Lipinski definition) is 2. The van der Waals surface area contributed by atoms with Crippen molar-refractivity contribution in [2.75, 3.05) is 5.32 Å². The normalized spacial score (nSPS) is 10.3. The summed E-state index contributed by atoms with van der Waals surface area (Å²) >= 11 is 0. The predicted octanol–water partition coefficient (Wildman–Crippen LogP) is 3.23. The van der Waals surface area contributed by atoms with Crippen molar-refractivity contribution < 1.29 is 18.7 Å². The molecule has 0 saturated heterocycles. The fourth-order valence-corrected chi connectivity index (χ4v) is 1.56. The minimum absolute atomic E-state index is 0.223. The number of amides is 1. The maximum Gasteiger partial charge on any atom is 0.258 e. The van der Waals surface area contributed by atoms with Crippen molar-refractivity contribution in [3.63, 3.8) is 0 Å². The third-order valence-electron chi connectivity index (χ3n) is 2.63. The molecule has 2 aromatic carbocycles. The molecule has 0 atom stereocenters. The van der Waals surface area contributed by atoms with Gasteiger partial charge in [0, 0.05) is 11.8 Å². The number of halogens is 2. The number of phenols is 1. The summed E-state index contributed by atoms with van der Waals surface area (Å²) in [6.45, 7) is 1.60. The molecule has 0 aliphatic carbocycles. The van der Waals surface area contributed by atoms with Gasteiger partial charge in [-0.3, -0.25) is 4.79 Å². The fraction of sp³-hybridized carbons (Fsp3) is 0.0714. The first-order valence-electron chi connectivity index (χ1n) is 5.53. The Morgan fingerprint density at radius 2 is 1.84 bits per heavy atom. The van der Waals surface area contributed by atoms with Crippen molar-refractivity contribution in [1.29, 1.82) is 0 Å². The molecule has 0 aliphatic heterocycles. The van der Waals surface area contributed by atoms with Gasteiger partial charge in [0.1, 0.15) is 17.4 Å². The minimum Gasteiger partial charge on any atom is -0.508 e. The zero-order valence-electron chi connectivity index (χ0n) is 10.1. The van der Waals surface area contributed by atoms with Crippen LogP contribution in [0.1, 0.15) is 15.9 Å². The van der Waals surface area contributed by atoms with Gasteiger partial charge >= 0.3 is 0 Å². The number of anilines is 1. The lowest BCUT2D eigenvalue weighted by molar-refractivity contribution is 0.102. The first-order valence-corrected chi connectivity index (χ1v) is 5.53. The number of carbonyl (C=O) groups excluding carboxylic acids is 1. The van der Waals surface area contributed by atoms with Crippen molar-refractivity contribution in [2.45, 2.75) is 6.92 Å². The fourth-order valence-electron chi connectivity index (χ4n) is 1.56. The van der Waals surface area contributed by atoms with Crippen molar-refractivity contribution in [1.82, 2.24) is 0 Å². The first kappa shape index (κ1) is 13.0. The molecule has 0 spiro atoms. The van der Waals surface area contributed by atoms with Crippen LogP contribution in [0.4, 0.5) is 14.5 Å². The van der Waals surface area contributed by atoms with E-state index in [4.69, 9.17) is 5.11 Å². The largest absolute Gasteiger partial charge is 0.508 e. The van der Waals surface area contributed by atoms with Crippen molar-refractivity contribution in [2.24, 2.45) is 0 Å². The zero-order chi connectivity index (χ0) is 14.0. The number of nitrogens with one attached hydrogen (secondary N) is 1. The van der Waals surface area contributed by atoms with Crippen molar-refractivity contribution in [3.05, 3.63) is 59.2 Å². The average molecular weight is 263 g/mol. The van der Waals surface area contributed by atoms with Gasteiger partial charge in [-0.2, -0.15) is 0 Å².